The van der Waals surface area contributed by atoms with Crippen molar-refractivity contribution in [2.75, 3.05) is 6.54 Å². The highest BCUT2D eigenvalue weighted by Gasteiger charge is 2.10. The number of aliphatic hydroxyl groups excluding tert-OH is 1. The van der Waals surface area contributed by atoms with E-state index in [1.54, 1.807) is 6.07 Å². The SMILES string of the molecule is OC(CNCc1ccc(Cl)s1)c1ccccc1Cl. The number of rotatable bonds is 5. The molecule has 0 saturated heterocycles. The van der Waals surface area contributed by atoms with Crippen LogP contribution in [0, 0.1) is 0 Å². The zero-order chi connectivity index (χ0) is 13.0. The molecule has 5 heteroatoms. The average Bonchev–Trinajstić information content (AvgIpc) is 2.75. The zero-order valence-electron chi connectivity index (χ0n) is 9.57. The molecule has 0 fully saturated rings. The first-order valence-corrected chi connectivity index (χ1v) is 7.11. The lowest BCUT2D eigenvalue weighted by Gasteiger charge is -2.13. The molecule has 0 radical (unpaired) electrons. The van der Waals surface area contributed by atoms with Crippen LogP contribution in [0.5, 0.6) is 0 Å². The number of halogens is 2. The Morgan fingerprint density at radius 1 is 1.17 bits per heavy atom. The summed E-state index contributed by atoms with van der Waals surface area (Å²) in [6.45, 7) is 1.15. The molecule has 0 amide bonds. The first-order chi connectivity index (χ1) is 8.66. The predicted molar refractivity (Wildman–Crippen MR) is 77.4 cm³/mol. The van der Waals surface area contributed by atoms with Crippen LogP contribution in [0.3, 0.4) is 0 Å². The molecule has 0 aliphatic heterocycles. The van der Waals surface area contributed by atoms with Gasteiger partial charge in [-0.05, 0) is 18.2 Å². The maximum atomic E-state index is 10.0. The first-order valence-electron chi connectivity index (χ1n) is 5.54. The topological polar surface area (TPSA) is 32.3 Å². The van der Waals surface area contributed by atoms with Gasteiger partial charge in [-0.1, -0.05) is 41.4 Å². The Labute approximate surface area is 120 Å². The van der Waals surface area contributed by atoms with Gasteiger partial charge in [-0.2, -0.15) is 0 Å². The molecule has 1 unspecified atom stereocenters. The molecule has 0 aliphatic rings. The number of aliphatic hydroxyl groups is 1. The number of benzene rings is 1. The third-order valence-corrected chi connectivity index (χ3v) is 4.11. The monoisotopic (exact) mass is 301 g/mol. The van der Waals surface area contributed by atoms with Gasteiger partial charge in [0.15, 0.2) is 0 Å². The molecule has 0 aliphatic carbocycles. The van der Waals surface area contributed by atoms with E-state index in [1.807, 2.05) is 30.3 Å². The lowest BCUT2D eigenvalue weighted by atomic mass is 10.1. The molecule has 96 valence electrons. The highest BCUT2D eigenvalue weighted by molar-refractivity contribution is 7.16. The molecule has 2 aromatic rings. The fraction of sp³-hybridized carbons (Fsp3) is 0.231. The van der Waals surface area contributed by atoms with Crippen LogP contribution < -0.4 is 5.32 Å². The molecule has 18 heavy (non-hydrogen) atoms. The van der Waals surface area contributed by atoms with Crippen LogP contribution in [0.4, 0.5) is 0 Å². The second-order valence-electron chi connectivity index (χ2n) is 3.87. The summed E-state index contributed by atoms with van der Waals surface area (Å²) in [5.41, 5.74) is 0.746. The van der Waals surface area contributed by atoms with Gasteiger partial charge in [0.1, 0.15) is 0 Å². The van der Waals surface area contributed by atoms with Gasteiger partial charge in [0, 0.05) is 28.6 Å². The van der Waals surface area contributed by atoms with Gasteiger partial charge < -0.3 is 10.4 Å². The van der Waals surface area contributed by atoms with Crippen molar-refractivity contribution >= 4 is 34.5 Å². The highest BCUT2D eigenvalue weighted by atomic mass is 35.5. The van der Waals surface area contributed by atoms with Crippen molar-refractivity contribution in [3.05, 3.63) is 56.2 Å². The van der Waals surface area contributed by atoms with Gasteiger partial charge in [-0.3, -0.25) is 0 Å². The quantitative estimate of drug-likeness (QED) is 0.878. The standard InChI is InChI=1S/C13H13Cl2NOS/c14-11-4-2-1-3-10(11)12(17)8-16-7-9-5-6-13(15)18-9/h1-6,12,16-17H,7-8H2. The summed E-state index contributed by atoms with van der Waals surface area (Å²) >= 11 is 13.4. The summed E-state index contributed by atoms with van der Waals surface area (Å²) in [6.07, 6.45) is -0.603. The van der Waals surface area contributed by atoms with Crippen molar-refractivity contribution in [1.82, 2.24) is 5.32 Å². The Hall–Kier alpha value is -0.580. The lowest BCUT2D eigenvalue weighted by Crippen LogP contribution is -2.20. The number of hydrogen-bond acceptors (Lipinski definition) is 3. The van der Waals surface area contributed by atoms with Crippen LogP contribution in [0.25, 0.3) is 0 Å². The van der Waals surface area contributed by atoms with E-state index in [0.29, 0.717) is 18.1 Å². The summed E-state index contributed by atoms with van der Waals surface area (Å²) in [6, 6.07) is 11.2. The third kappa shape index (κ3) is 3.70. The molecule has 0 spiro atoms. The molecule has 2 nitrogen and oxygen atoms in total. The van der Waals surface area contributed by atoms with Crippen molar-refractivity contribution in [3.63, 3.8) is 0 Å². The highest BCUT2D eigenvalue weighted by Crippen LogP contribution is 2.23. The van der Waals surface area contributed by atoms with E-state index < -0.39 is 6.10 Å². The van der Waals surface area contributed by atoms with E-state index in [9.17, 15) is 5.11 Å². The van der Waals surface area contributed by atoms with Gasteiger partial charge in [0.2, 0.25) is 0 Å². The van der Waals surface area contributed by atoms with Gasteiger partial charge in [0.25, 0.3) is 0 Å². The van der Waals surface area contributed by atoms with E-state index >= 15 is 0 Å². The Morgan fingerprint density at radius 2 is 1.94 bits per heavy atom. The fourth-order valence-corrected chi connectivity index (χ4v) is 2.95. The van der Waals surface area contributed by atoms with Crippen LogP contribution in [0.2, 0.25) is 9.36 Å². The van der Waals surface area contributed by atoms with Crippen LogP contribution in [0.1, 0.15) is 16.5 Å². The van der Waals surface area contributed by atoms with Crippen LogP contribution in [-0.4, -0.2) is 11.7 Å². The summed E-state index contributed by atoms with van der Waals surface area (Å²) in [7, 11) is 0. The van der Waals surface area contributed by atoms with E-state index in [0.717, 1.165) is 14.8 Å². The number of nitrogens with one attached hydrogen (secondary N) is 1. The van der Waals surface area contributed by atoms with Crippen molar-refractivity contribution in [1.29, 1.82) is 0 Å². The third-order valence-electron chi connectivity index (χ3n) is 2.53. The summed E-state index contributed by atoms with van der Waals surface area (Å²) in [4.78, 5) is 1.14. The molecule has 2 N–H and O–H groups in total. The minimum absolute atomic E-state index is 0.458. The summed E-state index contributed by atoms with van der Waals surface area (Å²) in [5, 5.41) is 13.8. The molecule has 1 heterocycles. The molecular weight excluding hydrogens is 289 g/mol. The Morgan fingerprint density at radius 3 is 2.61 bits per heavy atom. The molecule has 1 aromatic carbocycles. The van der Waals surface area contributed by atoms with Gasteiger partial charge >= 0.3 is 0 Å². The lowest BCUT2D eigenvalue weighted by molar-refractivity contribution is 0.174. The summed E-state index contributed by atoms with van der Waals surface area (Å²) in [5.74, 6) is 0. The van der Waals surface area contributed by atoms with Crippen molar-refractivity contribution in [2.45, 2.75) is 12.6 Å². The average molecular weight is 302 g/mol. The minimum atomic E-state index is -0.603. The fourth-order valence-electron chi connectivity index (χ4n) is 1.63. The van der Waals surface area contributed by atoms with Crippen molar-refractivity contribution in [2.24, 2.45) is 0 Å². The zero-order valence-corrected chi connectivity index (χ0v) is 11.9. The molecule has 2 rings (SSSR count). The molecule has 1 aromatic heterocycles. The molecule has 1 atom stereocenters. The maximum absolute atomic E-state index is 10.0. The number of thiophene rings is 1. The minimum Gasteiger partial charge on any atom is -0.387 e. The number of hydrogen-bond donors (Lipinski definition) is 2. The smallest absolute Gasteiger partial charge is 0.0931 e. The van der Waals surface area contributed by atoms with Crippen LogP contribution >= 0.6 is 34.5 Å². The normalized spacial score (nSPS) is 12.6. The predicted octanol–water partition coefficient (Wildman–Crippen LogP) is 3.88. The van der Waals surface area contributed by atoms with Crippen LogP contribution in [0.15, 0.2) is 36.4 Å². The largest absolute Gasteiger partial charge is 0.387 e. The Balaban J connectivity index is 1.85. The Kier molecular flexibility index (Phi) is 5.03. The second kappa shape index (κ2) is 6.55. The van der Waals surface area contributed by atoms with Crippen LogP contribution in [-0.2, 0) is 6.54 Å². The maximum Gasteiger partial charge on any atom is 0.0931 e. The van der Waals surface area contributed by atoms with E-state index in [2.05, 4.69) is 5.32 Å². The van der Waals surface area contributed by atoms with Crippen molar-refractivity contribution in [3.8, 4) is 0 Å². The molecular formula is C13H13Cl2NOS. The van der Waals surface area contributed by atoms with E-state index in [-0.39, 0.29) is 0 Å². The van der Waals surface area contributed by atoms with E-state index in [4.69, 9.17) is 23.2 Å². The van der Waals surface area contributed by atoms with Gasteiger partial charge in [-0.25, -0.2) is 0 Å². The Bertz CT molecular complexity index is 515. The van der Waals surface area contributed by atoms with Crippen molar-refractivity contribution < 1.29 is 5.11 Å². The molecule has 0 bridgehead atoms. The molecule has 0 saturated carbocycles. The summed E-state index contributed by atoms with van der Waals surface area (Å²) < 4.78 is 0.776. The van der Waals surface area contributed by atoms with Gasteiger partial charge in [0.05, 0.1) is 10.4 Å². The first kappa shape index (κ1) is 13.8. The van der Waals surface area contributed by atoms with E-state index in [1.165, 1.54) is 11.3 Å². The van der Waals surface area contributed by atoms with Gasteiger partial charge in [-0.15, -0.1) is 11.3 Å². The second-order valence-corrected chi connectivity index (χ2v) is 6.08.